The van der Waals surface area contributed by atoms with Crippen LogP contribution in [0.4, 0.5) is 5.69 Å². The summed E-state index contributed by atoms with van der Waals surface area (Å²) in [4.78, 5) is 19.4. The van der Waals surface area contributed by atoms with Crippen LogP contribution in [-0.2, 0) is 17.3 Å². The number of hydrogen-bond donors (Lipinski definition) is 1. The zero-order valence-corrected chi connectivity index (χ0v) is 16.9. The molecule has 0 bridgehead atoms. The maximum absolute atomic E-state index is 14.2. The molecule has 5 aromatic rings. The van der Waals surface area contributed by atoms with Crippen LogP contribution < -0.4 is 4.90 Å². The molecule has 3 heterocycles. The van der Waals surface area contributed by atoms with Gasteiger partial charge >= 0.3 is 0 Å². The van der Waals surface area contributed by atoms with E-state index in [9.17, 15) is 4.79 Å². The maximum atomic E-state index is 14.2. The summed E-state index contributed by atoms with van der Waals surface area (Å²) in [5.41, 5.74) is 5.24. The third-order valence-corrected chi connectivity index (χ3v) is 6.59. The Balaban J connectivity index is 1.83. The van der Waals surface area contributed by atoms with E-state index in [4.69, 9.17) is 0 Å². The number of carbonyl (C=O) groups excluding carboxylic acids is 1. The number of nitrogens with zero attached hydrogens (tertiary/aromatic N) is 2. The van der Waals surface area contributed by atoms with Gasteiger partial charge in [-0.05, 0) is 18.2 Å². The zero-order chi connectivity index (χ0) is 20.5. The highest BCUT2D eigenvalue weighted by Crippen LogP contribution is 2.53. The van der Waals surface area contributed by atoms with Crippen molar-refractivity contribution in [2.45, 2.75) is 5.41 Å². The monoisotopic (exact) mass is 391 g/mol. The molecule has 3 aromatic carbocycles. The van der Waals surface area contributed by atoms with Gasteiger partial charge in [0.25, 0.3) is 0 Å². The smallest absolute Gasteiger partial charge is 0.246 e. The fraction of sp³-hybridized carbons (Fsp3) is 0.115. The molecule has 30 heavy (non-hydrogen) atoms. The van der Waals surface area contributed by atoms with Gasteiger partial charge in [-0.2, -0.15) is 0 Å². The van der Waals surface area contributed by atoms with Crippen LogP contribution in [-0.4, -0.2) is 22.5 Å². The number of hydrogen-bond acceptors (Lipinski definition) is 1. The molecule has 0 radical (unpaired) electrons. The van der Waals surface area contributed by atoms with Gasteiger partial charge in [0.2, 0.25) is 5.91 Å². The van der Waals surface area contributed by atoms with Gasteiger partial charge in [0.15, 0.2) is 0 Å². The minimum Gasteiger partial charge on any atom is -0.361 e. The van der Waals surface area contributed by atoms with Gasteiger partial charge in [-0.3, -0.25) is 4.79 Å². The Morgan fingerprint density at radius 2 is 1.47 bits per heavy atom. The number of rotatable bonds is 2. The zero-order valence-electron chi connectivity index (χ0n) is 16.9. The molecule has 4 nitrogen and oxygen atoms in total. The first-order chi connectivity index (χ1) is 14.6. The topological polar surface area (TPSA) is 41.0 Å². The van der Waals surface area contributed by atoms with Crippen molar-refractivity contribution in [1.82, 2.24) is 9.55 Å². The summed E-state index contributed by atoms with van der Waals surface area (Å²) >= 11 is 0. The molecule has 0 saturated heterocycles. The van der Waals surface area contributed by atoms with E-state index in [1.165, 1.54) is 0 Å². The number of para-hydroxylation sites is 3. The molecular weight excluding hydrogens is 370 g/mol. The molecule has 146 valence electrons. The lowest BCUT2D eigenvalue weighted by Crippen LogP contribution is -2.40. The summed E-state index contributed by atoms with van der Waals surface area (Å²) in [5, 5.41) is 2.17. The predicted molar refractivity (Wildman–Crippen MR) is 121 cm³/mol. The number of benzene rings is 3. The van der Waals surface area contributed by atoms with Gasteiger partial charge in [0.05, 0.1) is 0 Å². The van der Waals surface area contributed by atoms with Gasteiger partial charge in [0, 0.05) is 70.7 Å². The van der Waals surface area contributed by atoms with Crippen molar-refractivity contribution in [2.75, 3.05) is 11.9 Å². The number of fused-ring (bicyclic) bond motifs is 3. The summed E-state index contributed by atoms with van der Waals surface area (Å²) in [5.74, 6) is 0.0739. The van der Waals surface area contributed by atoms with Gasteiger partial charge < -0.3 is 14.5 Å². The van der Waals surface area contributed by atoms with Gasteiger partial charge in [-0.25, -0.2) is 0 Å². The molecule has 1 aliphatic rings. The second-order valence-corrected chi connectivity index (χ2v) is 8.05. The molecule has 1 aliphatic heterocycles. The van der Waals surface area contributed by atoms with Crippen LogP contribution >= 0.6 is 0 Å². The lowest BCUT2D eigenvalue weighted by atomic mass is 9.70. The lowest BCUT2D eigenvalue weighted by molar-refractivity contribution is -0.120. The molecule has 6 rings (SSSR count). The molecule has 4 heteroatoms. The van der Waals surface area contributed by atoms with Crippen LogP contribution in [0.15, 0.2) is 85.2 Å². The van der Waals surface area contributed by atoms with E-state index in [0.717, 1.165) is 44.2 Å². The number of aromatic nitrogens is 2. The summed E-state index contributed by atoms with van der Waals surface area (Å²) in [6.07, 6.45) is 4.14. The number of aromatic amines is 1. The van der Waals surface area contributed by atoms with Crippen LogP contribution in [0.2, 0.25) is 0 Å². The minimum atomic E-state index is -0.911. The Morgan fingerprint density at radius 3 is 2.33 bits per heavy atom. The molecule has 1 amide bonds. The van der Waals surface area contributed by atoms with Crippen LogP contribution in [0, 0.1) is 0 Å². The van der Waals surface area contributed by atoms with Gasteiger partial charge in [-0.1, -0.05) is 54.6 Å². The fourth-order valence-corrected chi connectivity index (χ4v) is 5.25. The Kier molecular flexibility index (Phi) is 3.34. The normalized spacial score (nSPS) is 18.5. The number of amides is 1. The Morgan fingerprint density at radius 1 is 0.767 bits per heavy atom. The van der Waals surface area contributed by atoms with Crippen LogP contribution in [0.25, 0.3) is 21.8 Å². The number of nitrogens with one attached hydrogen (secondary N) is 1. The van der Waals surface area contributed by atoms with E-state index in [2.05, 4.69) is 46.1 Å². The molecule has 2 aromatic heterocycles. The first-order valence-electron chi connectivity index (χ1n) is 10.1. The quantitative estimate of drug-likeness (QED) is 0.453. The first-order valence-corrected chi connectivity index (χ1v) is 10.1. The van der Waals surface area contributed by atoms with E-state index in [1.54, 1.807) is 4.90 Å². The summed E-state index contributed by atoms with van der Waals surface area (Å²) in [7, 11) is 3.92. The molecule has 0 fully saturated rings. The molecule has 1 N–H and O–H groups in total. The number of aryl methyl sites for hydroxylation is 1. The third-order valence-electron chi connectivity index (χ3n) is 6.59. The molecular formula is C26H21N3O. The number of likely N-dealkylation sites (N-methyl/N-ethyl adjacent to an activating group) is 1. The molecule has 1 atom stereocenters. The van der Waals surface area contributed by atoms with Crippen molar-refractivity contribution in [2.24, 2.45) is 7.05 Å². The van der Waals surface area contributed by atoms with E-state index >= 15 is 0 Å². The summed E-state index contributed by atoms with van der Waals surface area (Å²) in [6.45, 7) is 0. The van der Waals surface area contributed by atoms with Crippen LogP contribution in [0.5, 0.6) is 0 Å². The van der Waals surface area contributed by atoms with Crippen molar-refractivity contribution in [3.8, 4) is 0 Å². The van der Waals surface area contributed by atoms with E-state index in [0.29, 0.717) is 0 Å². The standard InChI is InChI=1S/C26H21N3O/c1-28-16-21(18-10-4-7-13-23(18)28)26(20-15-27-22-12-6-3-9-17(20)22)19-11-5-8-14-24(19)29(2)25(26)30/h3-16,27H,1-2H3/t26-/m0/s1. The molecule has 0 saturated carbocycles. The van der Waals surface area contributed by atoms with E-state index in [1.807, 2.05) is 62.8 Å². The van der Waals surface area contributed by atoms with Crippen molar-refractivity contribution in [3.63, 3.8) is 0 Å². The molecule has 0 unspecified atom stereocenters. The highest BCUT2D eigenvalue weighted by atomic mass is 16.2. The van der Waals surface area contributed by atoms with E-state index in [-0.39, 0.29) is 5.91 Å². The van der Waals surface area contributed by atoms with Crippen LogP contribution in [0.1, 0.15) is 16.7 Å². The first kappa shape index (κ1) is 17.1. The van der Waals surface area contributed by atoms with Gasteiger partial charge in [-0.15, -0.1) is 0 Å². The number of anilines is 1. The SMILES string of the molecule is CN1C(=O)[C@@](c2c[nH]c3ccccc23)(c2cn(C)c3ccccc23)c2ccccc21. The average Bonchev–Trinajstić information content (AvgIpc) is 3.42. The number of H-pyrrole nitrogens is 1. The molecule has 0 aliphatic carbocycles. The lowest BCUT2D eigenvalue weighted by Gasteiger charge is -2.28. The Labute approximate surface area is 174 Å². The van der Waals surface area contributed by atoms with Crippen LogP contribution in [0.3, 0.4) is 0 Å². The largest absolute Gasteiger partial charge is 0.361 e. The minimum absolute atomic E-state index is 0.0739. The highest BCUT2D eigenvalue weighted by Gasteiger charge is 2.54. The Bertz CT molecular complexity index is 1460. The predicted octanol–water partition coefficient (Wildman–Crippen LogP) is 4.97. The summed E-state index contributed by atoms with van der Waals surface area (Å²) in [6, 6.07) is 24.7. The van der Waals surface area contributed by atoms with Gasteiger partial charge in [0.1, 0.15) is 5.41 Å². The van der Waals surface area contributed by atoms with Crippen molar-refractivity contribution >= 4 is 33.4 Å². The fourth-order valence-electron chi connectivity index (χ4n) is 5.25. The van der Waals surface area contributed by atoms with Crippen molar-refractivity contribution in [1.29, 1.82) is 0 Å². The van der Waals surface area contributed by atoms with E-state index < -0.39 is 5.41 Å². The molecule has 0 spiro atoms. The number of carbonyl (C=O) groups is 1. The van der Waals surface area contributed by atoms with Crippen molar-refractivity contribution in [3.05, 3.63) is 102 Å². The maximum Gasteiger partial charge on any atom is 0.246 e. The highest BCUT2D eigenvalue weighted by molar-refractivity contribution is 6.16. The third kappa shape index (κ3) is 1.93. The summed E-state index contributed by atoms with van der Waals surface area (Å²) < 4.78 is 2.12. The van der Waals surface area contributed by atoms with Crippen molar-refractivity contribution < 1.29 is 4.79 Å². The average molecular weight is 391 g/mol. The second kappa shape index (κ2) is 5.86. The second-order valence-electron chi connectivity index (χ2n) is 8.05. The Hall–Kier alpha value is -3.79.